The number of rotatable bonds is 12. The first-order chi connectivity index (χ1) is 17.2. The molecular formula is C23H34N8O5. The molecular weight excluding hydrogens is 468 g/mol. The number of H-pyrrole nitrogens is 2. The summed E-state index contributed by atoms with van der Waals surface area (Å²) in [6.45, 7) is 4.18. The van der Waals surface area contributed by atoms with E-state index in [2.05, 4.69) is 30.6 Å². The summed E-state index contributed by atoms with van der Waals surface area (Å²) in [4.78, 5) is 65.9. The summed E-state index contributed by atoms with van der Waals surface area (Å²) in [5, 5.41) is 14.9. The minimum absolute atomic E-state index is 0.0164. The van der Waals surface area contributed by atoms with E-state index in [1.165, 1.54) is 23.8 Å². The maximum Gasteiger partial charge on any atom is 0.326 e. The molecule has 2 aromatic rings. The highest BCUT2D eigenvalue weighted by Gasteiger charge is 2.38. The number of hydrogen-bond acceptors (Lipinski definition) is 7. The number of aromatic nitrogens is 4. The molecule has 36 heavy (non-hydrogen) atoms. The smallest absolute Gasteiger partial charge is 0.326 e. The average Bonchev–Trinajstić information content (AvgIpc) is 3.59. The van der Waals surface area contributed by atoms with Gasteiger partial charge in [-0.25, -0.2) is 14.8 Å². The predicted molar refractivity (Wildman–Crippen MR) is 128 cm³/mol. The van der Waals surface area contributed by atoms with E-state index in [1.807, 2.05) is 13.8 Å². The molecule has 0 saturated carbocycles. The summed E-state index contributed by atoms with van der Waals surface area (Å²) >= 11 is 0. The number of amides is 3. The predicted octanol–water partition coefficient (Wildman–Crippen LogP) is -0.663. The van der Waals surface area contributed by atoms with Gasteiger partial charge in [-0.2, -0.15) is 0 Å². The van der Waals surface area contributed by atoms with Crippen molar-refractivity contribution in [2.75, 3.05) is 6.54 Å². The van der Waals surface area contributed by atoms with E-state index in [0.29, 0.717) is 37.2 Å². The van der Waals surface area contributed by atoms with Crippen LogP contribution in [0.25, 0.3) is 0 Å². The number of carboxylic acids is 1. The molecule has 1 aliphatic heterocycles. The van der Waals surface area contributed by atoms with Crippen LogP contribution >= 0.6 is 0 Å². The van der Waals surface area contributed by atoms with Crippen LogP contribution in [0.4, 0.5) is 0 Å². The highest BCUT2D eigenvalue weighted by atomic mass is 16.4. The number of nitrogens with one attached hydrogen (secondary N) is 4. The summed E-state index contributed by atoms with van der Waals surface area (Å²) in [6.07, 6.45) is 7.65. The SMILES string of the molecule is CC(C)C[C@H](NC(=O)[C@@H]1CCCN1C(=O)[C@@H](N)Cc1cnc[nH]1)C(=O)N[C@@H](Cc1cnc[nH]1)C(=O)O. The van der Waals surface area contributed by atoms with Crippen molar-refractivity contribution in [1.29, 1.82) is 0 Å². The summed E-state index contributed by atoms with van der Waals surface area (Å²) in [7, 11) is 0. The van der Waals surface area contributed by atoms with Gasteiger partial charge in [0.1, 0.15) is 18.1 Å². The Hall–Kier alpha value is -3.74. The normalized spacial score (nSPS) is 18.0. The number of carboxylic acid groups (broad SMARTS) is 1. The Morgan fingerprint density at radius 3 is 2.28 bits per heavy atom. The van der Waals surface area contributed by atoms with Crippen LogP contribution in [-0.2, 0) is 32.0 Å². The molecule has 0 radical (unpaired) electrons. The van der Waals surface area contributed by atoms with E-state index in [4.69, 9.17) is 5.73 Å². The fourth-order valence-corrected chi connectivity index (χ4v) is 4.30. The fraction of sp³-hybridized carbons (Fsp3) is 0.565. The van der Waals surface area contributed by atoms with E-state index in [0.717, 1.165) is 0 Å². The van der Waals surface area contributed by atoms with Crippen molar-refractivity contribution in [2.45, 2.75) is 70.1 Å². The van der Waals surface area contributed by atoms with Gasteiger partial charge in [0.2, 0.25) is 17.7 Å². The highest BCUT2D eigenvalue weighted by Crippen LogP contribution is 2.20. The van der Waals surface area contributed by atoms with E-state index < -0.39 is 42.0 Å². The van der Waals surface area contributed by atoms with Gasteiger partial charge < -0.3 is 36.3 Å². The molecule has 13 heteroatoms. The van der Waals surface area contributed by atoms with Crippen LogP contribution in [0.3, 0.4) is 0 Å². The van der Waals surface area contributed by atoms with Gasteiger partial charge in [0.05, 0.1) is 18.7 Å². The molecule has 0 aliphatic carbocycles. The number of aromatic amines is 2. The first kappa shape index (κ1) is 26.9. The van der Waals surface area contributed by atoms with Crippen molar-refractivity contribution in [3.63, 3.8) is 0 Å². The number of likely N-dealkylation sites (tertiary alicyclic amines) is 1. The lowest BCUT2D eigenvalue weighted by Crippen LogP contribution is -2.57. The van der Waals surface area contributed by atoms with Crippen molar-refractivity contribution in [3.05, 3.63) is 36.4 Å². The maximum atomic E-state index is 13.2. The molecule has 3 heterocycles. The second kappa shape index (κ2) is 12.3. The van der Waals surface area contributed by atoms with Crippen molar-refractivity contribution >= 4 is 23.7 Å². The number of aliphatic carboxylic acids is 1. The first-order valence-electron chi connectivity index (χ1n) is 12.0. The molecule has 196 valence electrons. The van der Waals surface area contributed by atoms with Crippen LogP contribution < -0.4 is 16.4 Å². The zero-order chi connectivity index (χ0) is 26.2. The van der Waals surface area contributed by atoms with Crippen LogP contribution in [0.5, 0.6) is 0 Å². The molecule has 0 bridgehead atoms. The average molecular weight is 503 g/mol. The molecule has 0 spiro atoms. The Morgan fingerprint density at radius 2 is 1.72 bits per heavy atom. The molecule has 3 amide bonds. The third kappa shape index (κ3) is 7.13. The zero-order valence-electron chi connectivity index (χ0n) is 20.4. The first-order valence-corrected chi connectivity index (χ1v) is 12.0. The number of imidazole rings is 2. The van der Waals surface area contributed by atoms with Gasteiger partial charge in [-0.1, -0.05) is 13.8 Å². The van der Waals surface area contributed by atoms with E-state index in [9.17, 15) is 24.3 Å². The van der Waals surface area contributed by atoms with Gasteiger partial charge in [0, 0.05) is 43.2 Å². The second-order valence-corrected chi connectivity index (χ2v) is 9.45. The summed E-state index contributed by atoms with van der Waals surface area (Å²) < 4.78 is 0. The highest BCUT2D eigenvalue weighted by molar-refractivity contribution is 5.94. The van der Waals surface area contributed by atoms with Crippen molar-refractivity contribution < 1.29 is 24.3 Å². The number of hydrogen-bond donors (Lipinski definition) is 6. The lowest BCUT2D eigenvalue weighted by Gasteiger charge is -2.29. The fourth-order valence-electron chi connectivity index (χ4n) is 4.30. The maximum absolute atomic E-state index is 13.2. The van der Waals surface area contributed by atoms with E-state index >= 15 is 0 Å². The number of nitrogens with two attached hydrogens (primary N) is 1. The lowest BCUT2D eigenvalue weighted by molar-refractivity contribution is -0.143. The second-order valence-electron chi connectivity index (χ2n) is 9.45. The van der Waals surface area contributed by atoms with Crippen molar-refractivity contribution in [2.24, 2.45) is 11.7 Å². The quantitative estimate of drug-likeness (QED) is 0.219. The largest absolute Gasteiger partial charge is 0.480 e. The van der Waals surface area contributed by atoms with Crippen molar-refractivity contribution in [1.82, 2.24) is 35.5 Å². The van der Waals surface area contributed by atoms with Gasteiger partial charge in [-0.15, -0.1) is 0 Å². The van der Waals surface area contributed by atoms with Crippen LogP contribution in [0.1, 0.15) is 44.5 Å². The Morgan fingerprint density at radius 1 is 1.08 bits per heavy atom. The summed E-state index contributed by atoms with van der Waals surface area (Å²) in [6, 6.07) is -3.76. The van der Waals surface area contributed by atoms with Gasteiger partial charge in [-0.05, 0) is 25.2 Å². The molecule has 13 nitrogen and oxygen atoms in total. The third-order valence-corrected chi connectivity index (χ3v) is 6.08. The molecule has 1 aliphatic rings. The molecule has 1 saturated heterocycles. The minimum atomic E-state index is -1.20. The number of carbonyl (C=O) groups is 4. The van der Waals surface area contributed by atoms with E-state index in [1.54, 1.807) is 6.20 Å². The van der Waals surface area contributed by atoms with E-state index in [-0.39, 0.29) is 24.7 Å². The molecule has 2 aromatic heterocycles. The molecule has 1 fully saturated rings. The Kier molecular flexibility index (Phi) is 9.17. The summed E-state index contributed by atoms with van der Waals surface area (Å²) in [5.74, 6) is -2.57. The Bertz CT molecular complexity index is 1020. The van der Waals surface area contributed by atoms with Crippen LogP contribution in [0.15, 0.2) is 25.0 Å². The number of nitrogens with zero attached hydrogens (tertiary/aromatic N) is 3. The Labute approximate surface area is 208 Å². The molecule has 4 atom stereocenters. The molecule has 0 unspecified atom stereocenters. The topological polar surface area (TPSA) is 199 Å². The third-order valence-electron chi connectivity index (χ3n) is 6.08. The van der Waals surface area contributed by atoms with Gasteiger partial charge in [0.15, 0.2) is 0 Å². The monoisotopic (exact) mass is 502 g/mol. The molecule has 7 N–H and O–H groups in total. The zero-order valence-corrected chi connectivity index (χ0v) is 20.4. The van der Waals surface area contributed by atoms with Gasteiger partial charge in [0.25, 0.3) is 0 Å². The lowest BCUT2D eigenvalue weighted by atomic mass is 10.0. The van der Waals surface area contributed by atoms with Crippen LogP contribution in [-0.4, -0.2) is 84.3 Å². The van der Waals surface area contributed by atoms with Gasteiger partial charge >= 0.3 is 5.97 Å². The van der Waals surface area contributed by atoms with Crippen LogP contribution in [0.2, 0.25) is 0 Å². The molecule has 0 aromatic carbocycles. The molecule has 3 rings (SSSR count). The standard InChI is InChI=1S/C23H34N8O5/c1-13(2)6-17(20(32)30-18(23(35)36)8-15-10-26-12-28-15)29-21(33)19-4-3-5-31(19)22(34)16(24)7-14-9-25-11-27-14/h9-13,16-19H,3-8,24H2,1-2H3,(H,25,27)(H,26,28)(H,29,33)(H,30,32)(H,35,36)/t16-,17-,18-,19-/m0/s1. The van der Waals surface area contributed by atoms with Gasteiger partial charge in [-0.3, -0.25) is 14.4 Å². The summed E-state index contributed by atoms with van der Waals surface area (Å²) in [5.41, 5.74) is 7.38. The Balaban J connectivity index is 1.65. The number of carbonyl (C=O) groups excluding carboxylic acids is 3. The minimum Gasteiger partial charge on any atom is -0.480 e. The van der Waals surface area contributed by atoms with Crippen molar-refractivity contribution in [3.8, 4) is 0 Å². The van der Waals surface area contributed by atoms with Crippen LogP contribution in [0, 0.1) is 5.92 Å².